The highest BCUT2D eigenvalue weighted by Crippen LogP contribution is 2.21. The number of nitrogens with zero attached hydrogens (tertiary/aromatic N) is 2. The van der Waals surface area contributed by atoms with Crippen molar-refractivity contribution in [2.75, 3.05) is 11.9 Å². The first-order chi connectivity index (χ1) is 12.5. The van der Waals surface area contributed by atoms with Crippen LogP contribution in [-0.2, 0) is 4.79 Å². The molecule has 0 fully saturated rings. The van der Waals surface area contributed by atoms with Gasteiger partial charge in [-0.2, -0.15) is 4.98 Å². The van der Waals surface area contributed by atoms with Crippen LogP contribution in [0.4, 0.5) is 10.1 Å². The monoisotopic (exact) mass is 371 g/mol. The molecule has 3 aromatic rings. The number of benzene rings is 2. The zero-order valence-electron chi connectivity index (χ0n) is 13.9. The average Bonchev–Trinajstić information content (AvgIpc) is 2.62. The van der Waals surface area contributed by atoms with Gasteiger partial charge in [-0.15, -0.1) is 0 Å². The predicted octanol–water partition coefficient (Wildman–Crippen LogP) is 4.26. The minimum Gasteiger partial charge on any atom is -0.467 e. The molecule has 1 amide bonds. The highest BCUT2D eigenvalue weighted by atomic mass is 35.5. The van der Waals surface area contributed by atoms with Crippen molar-refractivity contribution in [1.29, 1.82) is 0 Å². The number of aromatic nitrogens is 2. The number of amides is 1. The molecule has 0 aliphatic heterocycles. The maximum Gasteiger partial charge on any atom is 0.262 e. The molecule has 0 atom stereocenters. The second-order valence-corrected chi connectivity index (χ2v) is 5.90. The summed E-state index contributed by atoms with van der Waals surface area (Å²) in [5.74, 6) is -0.0514. The van der Waals surface area contributed by atoms with Crippen molar-refractivity contribution in [2.45, 2.75) is 6.92 Å². The quantitative estimate of drug-likeness (QED) is 0.727. The van der Waals surface area contributed by atoms with Crippen LogP contribution in [0, 0.1) is 12.7 Å². The van der Waals surface area contributed by atoms with Gasteiger partial charge >= 0.3 is 0 Å². The lowest BCUT2D eigenvalue weighted by molar-refractivity contribution is -0.118. The van der Waals surface area contributed by atoms with E-state index in [1.807, 2.05) is 0 Å². The van der Waals surface area contributed by atoms with Crippen LogP contribution in [0.3, 0.4) is 0 Å². The zero-order valence-corrected chi connectivity index (χ0v) is 14.6. The second kappa shape index (κ2) is 7.93. The van der Waals surface area contributed by atoms with E-state index in [9.17, 15) is 9.18 Å². The first kappa shape index (κ1) is 17.8. The van der Waals surface area contributed by atoms with Crippen molar-refractivity contribution in [1.82, 2.24) is 9.97 Å². The van der Waals surface area contributed by atoms with E-state index in [2.05, 4.69) is 15.3 Å². The van der Waals surface area contributed by atoms with Crippen molar-refractivity contribution in [3.05, 3.63) is 71.1 Å². The maximum atomic E-state index is 13.1. The van der Waals surface area contributed by atoms with Gasteiger partial charge in [-0.3, -0.25) is 4.79 Å². The van der Waals surface area contributed by atoms with Gasteiger partial charge in [-0.05, 0) is 43.3 Å². The zero-order chi connectivity index (χ0) is 18.5. The standard InChI is InChI=1S/C19H15ClFN3O2/c1-12-10-18(24-19(22-12)13-6-8-14(21)9-7-13)26-11-17(25)23-16-5-3-2-4-15(16)20/h2-10H,11H2,1H3,(H,23,25). The molecule has 26 heavy (non-hydrogen) atoms. The Morgan fingerprint density at radius 3 is 2.62 bits per heavy atom. The molecule has 1 aromatic heterocycles. The van der Waals surface area contributed by atoms with Gasteiger partial charge in [0.05, 0.1) is 10.7 Å². The van der Waals surface area contributed by atoms with E-state index in [0.29, 0.717) is 27.8 Å². The summed E-state index contributed by atoms with van der Waals surface area (Å²) in [6, 6.07) is 14.4. The molecule has 3 rings (SSSR count). The summed E-state index contributed by atoms with van der Waals surface area (Å²) in [6.07, 6.45) is 0. The fourth-order valence-electron chi connectivity index (χ4n) is 2.23. The highest BCUT2D eigenvalue weighted by Gasteiger charge is 2.10. The molecular weight excluding hydrogens is 357 g/mol. The predicted molar refractivity (Wildman–Crippen MR) is 97.7 cm³/mol. The molecule has 0 saturated heterocycles. The molecule has 5 nitrogen and oxygen atoms in total. The van der Waals surface area contributed by atoms with Crippen LogP contribution in [-0.4, -0.2) is 22.5 Å². The normalized spacial score (nSPS) is 10.4. The van der Waals surface area contributed by atoms with Crippen molar-refractivity contribution in [3.63, 3.8) is 0 Å². The number of nitrogens with one attached hydrogen (secondary N) is 1. The summed E-state index contributed by atoms with van der Waals surface area (Å²) in [5, 5.41) is 3.11. The molecule has 0 radical (unpaired) electrons. The van der Waals surface area contributed by atoms with Crippen molar-refractivity contribution in [3.8, 4) is 17.3 Å². The van der Waals surface area contributed by atoms with Crippen LogP contribution in [0.5, 0.6) is 5.88 Å². The molecule has 2 aromatic carbocycles. The Morgan fingerprint density at radius 1 is 1.15 bits per heavy atom. The van der Waals surface area contributed by atoms with Gasteiger partial charge in [-0.1, -0.05) is 23.7 Å². The van der Waals surface area contributed by atoms with Gasteiger partial charge in [0.1, 0.15) is 5.82 Å². The first-order valence-corrected chi connectivity index (χ1v) is 8.18. The number of hydrogen-bond acceptors (Lipinski definition) is 4. The third-order valence-corrected chi connectivity index (χ3v) is 3.76. The van der Waals surface area contributed by atoms with Gasteiger partial charge in [0.2, 0.25) is 5.88 Å². The Kier molecular flexibility index (Phi) is 5.43. The number of ether oxygens (including phenoxy) is 1. The molecular formula is C19H15ClFN3O2. The second-order valence-electron chi connectivity index (χ2n) is 5.49. The Balaban J connectivity index is 1.69. The van der Waals surface area contributed by atoms with Crippen LogP contribution < -0.4 is 10.1 Å². The van der Waals surface area contributed by atoms with Crippen LogP contribution >= 0.6 is 11.6 Å². The first-order valence-electron chi connectivity index (χ1n) is 7.80. The molecule has 0 aliphatic carbocycles. The van der Waals surface area contributed by atoms with Gasteiger partial charge in [0.15, 0.2) is 12.4 Å². The van der Waals surface area contributed by atoms with Crippen LogP contribution in [0.1, 0.15) is 5.69 Å². The van der Waals surface area contributed by atoms with Crippen LogP contribution in [0.15, 0.2) is 54.6 Å². The van der Waals surface area contributed by atoms with Crippen LogP contribution in [0.2, 0.25) is 5.02 Å². The summed E-state index contributed by atoms with van der Waals surface area (Å²) in [6.45, 7) is 1.55. The van der Waals surface area contributed by atoms with E-state index in [4.69, 9.17) is 16.3 Å². The Morgan fingerprint density at radius 2 is 1.88 bits per heavy atom. The minimum absolute atomic E-state index is 0.232. The topological polar surface area (TPSA) is 64.1 Å². The Hall–Kier alpha value is -2.99. The van der Waals surface area contributed by atoms with Crippen LogP contribution in [0.25, 0.3) is 11.4 Å². The molecule has 1 heterocycles. The van der Waals surface area contributed by atoms with Crippen molar-refractivity contribution < 1.29 is 13.9 Å². The number of hydrogen-bond donors (Lipinski definition) is 1. The number of aryl methyl sites for hydroxylation is 1. The van der Waals surface area contributed by atoms with E-state index < -0.39 is 0 Å². The smallest absolute Gasteiger partial charge is 0.262 e. The fourth-order valence-corrected chi connectivity index (χ4v) is 2.41. The van der Waals surface area contributed by atoms with Crippen molar-refractivity contribution >= 4 is 23.2 Å². The summed E-state index contributed by atoms with van der Waals surface area (Å²) in [7, 11) is 0. The summed E-state index contributed by atoms with van der Waals surface area (Å²) >= 11 is 6.00. The summed E-state index contributed by atoms with van der Waals surface area (Å²) < 4.78 is 18.5. The number of anilines is 1. The molecule has 0 unspecified atom stereocenters. The number of halogens is 2. The molecule has 132 valence electrons. The molecule has 7 heteroatoms. The fraction of sp³-hybridized carbons (Fsp3) is 0.105. The Bertz CT molecular complexity index is 932. The number of rotatable bonds is 5. The highest BCUT2D eigenvalue weighted by molar-refractivity contribution is 6.33. The number of carbonyl (C=O) groups is 1. The maximum absolute atomic E-state index is 13.1. The van der Waals surface area contributed by atoms with E-state index >= 15 is 0 Å². The molecule has 1 N–H and O–H groups in total. The SMILES string of the molecule is Cc1cc(OCC(=O)Nc2ccccc2Cl)nc(-c2ccc(F)cc2)n1. The molecule has 0 saturated carbocycles. The van der Waals surface area contributed by atoms with Crippen molar-refractivity contribution in [2.24, 2.45) is 0 Å². The third kappa shape index (κ3) is 4.55. The van der Waals surface area contributed by atoms with E-state index in [-0.39, 0.29) is 24.2 Å². The van der Waals surface area contributed by atoms with Gasteiger partial charge in [0.25, 0.3) is 5.91 Å². The van der Waals surface area contributed by atoms with E-state index in [0.717, 1.165) is 0 Å². The minimum atomic E-state index is -0.363. The largest absolute Gasteiger partial charge is 0.467 e. The van der Waals surface area contributed by atoms with Gasteiger partial charge in [0, 0.05) is 17.3 Å². The Labute approximate surface area is 154 Å². The lowest BCUT2D eigenvalue weighted by atomic mass is 10.2. The molecule has 0 spiro atoms. The summed E-state index contributed by atoms with van der Waals surface area (Å²) in [4.78, 5) is 20.6. The molecule has 0 aliphatic rings. The lowest BCUT2D eigenvalue weighted by Crippen LogP contribution is -2.20. The number of carbonyl (C=O) groups excluding carboxylic acids is 1. The summed E-state index contributed by atoms with van der Waals surface area (Å²) in [5.41, 5.74) is 1.83. The molecule has 0 bridgehead atoms. The van der Waals surface area contributed by atoms with E-state index in [1.54, 1.807) is 49.4 Å². The van der Waals surface area contributed by atoms with Gasteiger partial charge in [-0.25, -0.2) is 9.37 Å². The number of para-hydroxylation sites is 1. The lowest BCUT2D eigenvalue weighted by Gasteiger charge is -2.09. The third-order valence-electron chi connectivity index (χ3n) is 3.43. The van der Waals surface area contributed by atoms with Gasteiger partial charge < -0.3 is 10.1 Å². The average molecular weight is 372 g/mol. The van der Waals surface area contributed by atoms with E-state index in [1.165, 1.54) is 12.1 Å².